The van der Waals surface area contributed by atoms with Gasteiger partial charge in [-0.25, -0.2) is 4.98 Å². The van der Waals surface area contributed by atoms with Crippen LogP contribution in [-0.2, 0) is 6.54 Å². The molecular weight excluding hydrogens is 368 g/mol. The Morgan fingerprint density at radius 3 is 2.93 bits per heavy atom. The zero-order valence-electron chi connectivity index (χ0n) is 16.4. The molecule has 1 aromatic carbocycles. The molecule has 3 heterocycles. The van der Waals surface area contributed by atoms with Gasteiger partial charge >= 0.3 is 0 Å². The van der Waals surface area contributed by atoms with Crippen molar-refractivity contribution in [2.75, 3.05) is 20.2 Å². The van der Waals surface area contributed by atoms with E-state index in [1.165, 1.54) is 5.56 Å². The second kappa shape index (κ2) is 8.83. The summed E-state index contributed by atoms with van der Waals surface area (Å²) < 4.78 is 6.99. The molecule has 0 unspecified atom stereocenters. The van der Waals surface area contributed by atoms with Crippen LogP contribution in [0.3, 0.4) is 0 Å². The van der Waals surface area contributed by atoms with Crippen molar-refractivity contribution in [2.24, 2.45) is 0 Å². The van der Waals surface area contributed by atoms with Crippen molar-refractivity contribution in [1.29, 1.82) is 0 Å². The molecule has 1 aliphatic heterocycles. The van der Waals surface area contributed by atoms with Gasteiger partial charge in [0, 0.05) is 30.9 Å². The predicted octanol–water partition coefficient (Wildman–Crippen LogP) is 2.07. The number of carbonyl (C=O) groups excluding carboxylic acids is 1. The largest absolute Gasteiger partial charge is 0.497 e. The highest BCUT2D eigenvalue weighted by Gasteiger charge is 2.22. The summed E-state index contributed by atoms with van der Waals surface area (Å²) in [6.07, 6.45) is 6.77. The summed E-state index contributed by atoms with van der Waals surface area (Å²) in [4.78, 5) is 19.4. The molecule has 0 saturated carbocycles. The van der Waals surface area contributed by atoms with Crippen LogP contribution in [0.15, 0.2) is 55.2 Å². The lowest BCUT2D eigenvalue weighted by Crippen LogP contribution is -2.47. The lowest BCUT2D eigenvalue weighted by atomic mass is 10.0. The first-order valence-electron chi connectivity index (χ1n) is 9.68. The standard InChI is InChI=1S/C21H24N6O2/c1-29-19-6-2-4-16(10-19)12-26-9-3-5-18(13-26)25-21(28)17-7-8-22-20(11-17)27-14-23-24-15-27/h2,4,6-8,10-11,14-15,18H,3,5,9,12-13H2,1H3,(H,25,28)/t18-/m0/s1. The number of rotatable bonds is 6. The smallest absolute Gasteiger partial charge is 0.251 e. The summed E-state index contributed by atoms with van der Waals surface area (Å²) in [5.41, 5.74) is 1.79. The lowest BCUT2D eigenvalue weighted by molar-refractivity contribution is 0.0900. The number of piperidine rings is 1. The third-order valence-electron chi connectivity index (χ3n) is 5.07. The maximum Gasteiger partial charge on any atom is 0.251 e. The van der Waals surface area contributed by atoms with Gasteiger partial charge in [-0.1, -0.05) is 12.1 Å². The van der Waals surface area contributed by atoms with E-state index in [-0.39, 0.29) is 11.9 Å². The quantitative estimate of drug-likeness (QED) is 0.691. The summed E-state index contributed by atoms with van der Waals surface area (Å²) in [5.74, 6) is 1.40. The van der Waals surface area contributed by atoms with Crippen LogP contribution in [0.5, 0.6) is 5.75 Å². The molecule has 8 heteroatoms. The minimum absolute atomic E-state index is 0.0880. The van der Waals surface area contributed by atoms with E-state index in [0.717, 1.165) is 38.2 Å². The van der Waals surface area contributed by atoms with Crippen molar-refractivity contribution >= 4 is 5.91 Å². The highest BCUT2D eigenvalue weighted by atomic mass is 16.5. The molecule has 0 bridgehead atoms. The molecule has 1 fully saturated rings. The summed E-state index contributed by atoms with van der Waals surface area (Å²) in [6, 6.07) is 11.7. The van der Waals surface area contributed by atoms with Gasteiger partial charge < -0.3 is 10.1 Å². The minimum Gasteiger partial charge on any atom is -0.497 e. The average Bonchev–Trinajstić information content (AvgIpc) is 3.29. The molecule has 1 amide bonds. The first kappa shape index (κ1) is 19.1. The maximum absolute atomic E-state index is 12.8. The number of carbonyl (C=O) groups is 1. The van der Waals surface area contributed by atoms with Gasteiger partial charge in [-0.3, -0.25) is 14.3 Å². The normalized spacial score (nSPS) is 17.1. The van der Waals surface area contributed by atoms with Crippen molar-refractivity contribution in [3.05, 3.63) is 66.4 Å². The summed E-state index contributed by atoms with van der Waals surface area (Å²) >= 11 is 0. The zero-order chi connectivity index (χ0) is 20.1. The van der Waals surface area contributed by atoms with E-state index >= 15 is 0 Å². The topological polar surface area (TPSA) is 85.2 Å². The maximum atomic E-state index is 12.8. The predicted molar refractivity (Wildman–Crippen MR) is 108 cm³/mol. The van der Waals surface area contributed by atoms with Crippen molar-refractivity contribution in [3.63, 3.8) is 0 Å². The second-order valence-corrected chi connectivity index (χ2v) is 7.17. The first-order valence-corrected chi connectivity index (χ1v) is 9.68. The van der Waals surface area contributed by atoms with E-state index in [1.807, 2.05) is 12.1 Å². The Bertz CT molecular complexity index is 959. The van der Waals surface area contributed by atoms with Crippen LogP contribution in [0.25, 0.3) is 5.82 Å². The molecule has 8 nitrogen and oxygen atoms in total. The SMILES string of the molecule is COc1cccc(CN2CCC[C@H](NC(=O)c3ccnc(-n4cnnc4)c3)C2)c1. The highest BCUT2D eigenvalue weighted by molar-refractivity contribution is 5.94. The number of likely N-dealkylation sites (tertiary alicyclic amines) is 1. The lowest BCUT2D eigenvalue weighted by Gasteiger charge is -2.33. The van der Waals surface area contributed by atoms with Crippen LogP contribution in [0.1, 0.15) is 28.8 Å². The second-order valence-electron chi connectivity index (χ2n) is 7.17. The number of nitrogens with one attached hydrogen (secondary N) is 1. The van der Waals surface area contributed by atoms with E-state index in [0.29, 0.717) is 11.4 Å². The van der Waals surface area contributed by atoms with E-state index in [9.17, 15) is 4.79 Å². The van der Waals surface area contributed by atoms with Crippen LogP contribution in [-0.4, -0.2) is 56.8 Å². The van der Waals surface area contributed by atoms with Gasteiger partial charge in [0.25, 0.3) is 5.91 Å². The van der Waals surface area contributed by atoms with Crippen LogP contribution < -0.4 is 10.1 Å². The van der Waals surface area contributed by atoms with Gasteiger partial charge in [0.2, 0.25) is 0 Å². The average molecular weight is 392 g/mol. The molecule has 3 aromatic rings. The van der Waals surface area contributed by atoms with Crippen molar-refractivity contribution in [3.8, 4) is 11.6 Å². The fraction of sp³-hybridized carbons (Fsp3) is 0.333. The third-order valence-corrected chi connectivity index (χ3v) is 5.07. The number of benzene rings is 1. The Balaban J connectivity index is 1.38. The number of hydrogen-bond donors (Lipinski definition) is 1. The van der Waals surface area contributed by atoms with Crippen LogP contribution >= 0.6 is 0 Å². The fourth-order valence-electron chi connectivity index (χ4n) is 3.63. The zero-order valence-corrected chi connectivity index (χ0v) is 16.4. The molecule has 1 aliphatic rings. The number of ether oxygens (including phenoxy) is 1. The number of pyridine rings is 1. The molecule has 1 atom stereocenters. The Morgan fingerprint density at radius 2 is 2.10 bits per heavy atom. The highest BCUT2D eigenvalue weighted by Crippen LogP contribution is 2.18. The third kappa shape index (κ3) is 4.78. The van der Waals surface area contributed by atoms with Crippen molar-refractivity contribution < 1.29 is 9.53 Å². The minimum atomic E-state index is -0.0880. The fourth-order valence-corrected chi connectivity index (χ4v) is 3.63. The van der Waals surface area contributed by atoms with E-state index in [2.05, 4.69) is 37.5 Å². The summed E-state index contributed by atoms with van der Waals surface area (Å²) in [5, 5.41) is 10.7. The summed E-state index contributed by atoms with van der Waals surface area (Å²) in [6.45, 7) is 2.69. The van der Waals surface area contributed by atoms with Gasteiger partial charge in [0.15, 0.2) is 0 Å². The Morgan fingerprint density at radius 1 is 1.24 bits per heavy atom. The number of amides is 1. The molecule has 0 aliphatic carbocycles. The number of nitrogens with zero attached hydrogens (tertiary/aromatic N) is 5. The Hall–Kier alpha value is -3.26. The van der Waals surface area contributed by atoms with Gasteiger partial charge in [-0.05, 0) is 49.2 Å². The van der Waals surface area contributed by atoms with E-state index in [4.69, 9.17) is 4.74 Å². The van der Waals surface area contributed by atoms with E-state index in [1.54, 1.807) is 42.7 Å². The van der Waals surface area contributed by atoms with E-state index < -0.39 is 0 Å². The molecule has 0 spiro atoms. The molecule has 4 rings (SSSR count). The van der Waals surface area contributed by atoms with Gasteiger partial charge in [-0.2, -0.15) is 0 Å². The number of methoxy groups -OCH3 is 1. The van der Waals surface area contributed by atoms with Gasteiger partial charge in [0.1, 0.15) is 24.2 Å². The van der Waals surface area contributed by atoms with Crippen LogP contribution in [0, 0.1) is 0 Å². The molecule has 1 saturated heterocycles. The molecule has 1 N–H and O–H groups in total. The molecule has 2 aromatic heterocycles. The molecule has 0 radical (unpaired) electrons. The first-order chi connectivity index (χ1) is 14.2. The molecule has 150 valence electrons. The molecular formula is C21H24N6O2. The van der Waals surface area contributed by atoms with Crippen molar-refractivity contribution in [2.45, 2.75) is 25.4 Å². The number of aromatic nitrogens is 4. The van der Waals surface area contributed by atoms with Gasteiger partial charge in [0.05, 0.1) is 7.11 Å². The summed E-state index contributed by atoms with van der Waals surface area (Å²) in [7, 11) is 1.68. The van der Waals surface area contributed by atoms with Gasteiger partial charge in [-0.15, -0.1) is 10.2 Å². The van der Waals surface area contributed by atoms with Crippen molar-refractivity contribution in [1.82, 2.24) is 30.0 Å². The Kier molecular flexibility index (Phi) is 5.81. The Labute approximate surface area is 169 Å². The van der Waals surface area contributed by atoms with Crippen LogP contribution in [0.4, 0.5) is 0 Å². The number of hydrogen-bond acceptors (Lipinski definition) is 6. The monoisotopic (exact) mass is 392 g/mol. The molecule has 29 heavy (non-hydrogen) atoms. The van der Waals surface area contributed by atoms with Crippen LogP contribution in [0.2, 0.25) is 0 Å².